The van der Waals surface area contributed by atoms with E-state index in [1.54, 1.807) is 0 Å². The van der Waals surface area contributed by atoms with E-state index in [1.165, 1.54) is 21.4 Å². The molecule has 0 atom stereocenters. The Bertz CT molecular complexity index is 695. The van der Waals surface area contributed by atoms with Crippen molar-refractivity contribution in [3.8, 4) is 0 Å². The Hall–Kier alpha value is -2.02. The van der Waals surface area contributed by atoms with Crippen molar-refractivity contribution in [2.45, 2.75) is 0 Å². The lowest BCUT2D eigenvalue weighted by Crippen LogP contribution is -2.25. The van der Waals surface area contributed by atoms with Crippen molar-refractivity contribution in [2.24, 2.45) is 4.74 Å². The zero-order valence-electron chi connectivity index (χ0n) is 12.0. The van der Waals surface area contributed by atoms with Crippen molar-refractivity contribution in [1.82, 2.24) is 0 Å². The fourth-order valence-corrected chi connectivity index (χ4v) is 6.32. The lowest BCUT2D eigenvalue weighted by Gasteiger charge is -2.25. The van der Waals surface area contributed by atoms with Crippen LogP contribution in [0.25, 0.3) is 0 Å². The zero-order valence-corrected chi connectivity index (χ0v) is 13.8. The van der Waals surface area contributed by atoms with Gasteiger partial charge >= 0.3 is 0 Å². The molecule has 3 aromatic rings. The van der Waals surface area contributed by atoms with Gasteiger partial charge in [0.2, 0.25) is 0 Å². The number of thiocarbonyl (C=S) groups is 1. The second-order valence-electron chi connectivity index (χ2n) is 4.86. The number of hydrogen-bond acceptors (Lipinski definition) is 1. The Morgan fingerprint density at radius 1 is 0.591 bits per heavy atom. The Morgan fingerprint density at radius 3 is 1.18 bits per heavy atom. The van der Waals surface area contributed by atoms with Crippen LogP contribution in [-0.4, -0.2) is 5.49 Å². The molecule has 0 aliphatic carbocycles. The SMILES string of the molecule is S=CN=P(c1ccccc1)(c1ccccc1)c1ccccc1. The average Bonchev–Trinajstić information content (AvgIpc) is 2.62. The number of benzene rings is 3. The van der Waals surface area contributed by atoms with E-state index in [9.17, 15) is 0 Å². The molecule has 0 amide bonds. The van der Waals surface area contributed by atoms with Gasteiger partial charge in [0.15, 0.2) is 0 Å². The first kappa shape index (κ1) is 14.9. The van der Waals surface area contributed by atoms with Crippen LogP contribution < -0.4 is 15.9 Å². The maximum Gasteiger partial charge on any atom is 0.0893 e. The van der Waals surface area contributed by atoms with Gasteiger partial charge in [0.1, 0.15) is 0 Å². The first-order chi connectivity index (χ1) is 10.9. The molecule has 22 heavy (non-hydrogen) atoms. The average molecular weight is 321 g/mol. The Kier molecular flexibility index (Phi) is 4.62. The highest BCUT2D eigenvalue weighted by Gasteiger charge is 2.26. The highest BCUT2D eigenvalue weighted by Crippen LogP contribution is 2.45. The summed E-state index contributed by atoms with van der Waals surface area (Å²) >= 11 is 5.14. The minimum Gasteiger partial charge on any atom is -0.250 e. The van der Waals surface area contributed by atoms with Gasteiger partial charge in [-0.3, -0.25) is 4.74 Å². The topological polar surface area (TPSA) is 12.4 Å². The van der Waals surface area contributed by atoms with Gasteiger partial charge in [-0.1, -0.05) is 103 Å². The van der Waals surface area contributed by atoms with Gasteiger partial charge < -0.3 is 0 Å². The van der Waals surface area contributed by atoms with E-state index in [-0.39, 0.29) is 0 Å². The van der Waals surface area contributed by atoms with Crippen LogP contribution in [0.2, 0.25) is 0 Å². The van der Waals surface area contributed by atoms with Crippen LogP contribution in [0.1, 0.15) is 0 Å². The fraction of sp³-hybridized carbons (Fsp3) is 0. The molecule has 3 rings (SSSR count). The van der Waals surface area contributed by atoms with E-state index in [0.717, 1.165) is 0 Å². The van der Waals surface area contributed by atoms with Gasteiger partial charge in [0.25, 0.3) is 0 Å². The molecular weight excluding hydrogens is 305 g/mol. The molecule has 0 N–H and O–H groups in total. The molecule has 0 saturated heterocycles. The number of hydrogen-bond donors (Lipinski definition) is 0. The van der Waals surface area contributed by atoms with Crippen LogP contribution in [0.5, 0.6) is 0 Å². The molecule has 3 heteroatoms. The van der Waals surface area contributed by atoms with Crippen LogP contribution in [0.15, 0.2) is 95.7 Å². The first-order valence-corrected chi connectivity index (χ1v) is 9.31. The van der Waals surface area contributed by atoms with Crippen molar-refractivity contribution >= 4 is 40.7 Å². The summed E-state index contributed by atoms with van der Waals surface area (Å²) in [6.45, 7) is 0. The van der Waals surface area contributed by atoms with Gasteiger partial charge in [-0.2, -0.15) is 0 Å². The lowest BCUT2D eigenvalue weighted by atomic mass is 10.4. The van der Waals surface area contributed by atoms with Crippen LogP contribution in [0.4, 0.5) is 0 Å². The zero-order chi connectivity index (χ0) is 15.3. The number of nitrogens with zero attached hydrogens (tertiary/aromatic N) is 1. The molecule has 0 bridgehead atoms. The molecule has 0 aliphatic rings. The van der Waals surface area contributed by atoms with Gasteiger partial charge in [0.05, 0.1) is 12.5 Å². The van der Waals surface area contributed by atoms with Crippen LogP contribution >= 0.6 is 19.3 Å². The standard InChI is InChI=1S/C19H16NPS/c22-16-20-21(17-10-4-1-5-11-17,18-12-6-2-7-13-18)19-14-8-3-9-15-19/h1-16H. The molecule has 1 nitrogen and oxygen atoms in total. The highest BCUT2D eigenvalue weighted by molar-refractivity contribution is 7.88. The van der Waals surface area contributed by atoms with Gasteiger partial charge in [-0.05, 0) is 0 Å². The van der Waals surface area contributed by atoms with Gasteiger partial charge in [0, 0.05) is 15.9 Å². The summed E-state index contributed by atoms with van der Waals surface area (Å²) in [7, 11) is -2.09. The fourth-order valence-electron chi connectivity index (χ4n) is 2.65. The van der Waals surface area contributed by atoms with Crippen molar-refractivity contribution < 1.29 is 0 Å². The minimum atomic E-state index is -2.09. The molecule has 0 aromatic heterocycles. The molecule has 0 unspecified atom stereocenters. The largest absolute Gasteiger partial charge is 0.250 e. The monoisotopic (exact) mass is 321 g/mol. The summed E-state index contributed by atoms with van der Waals surface area (Å²) in [4.78, 5) is 0. The van der Waals surface area contributed by atoms with Crippen molar-refractivity contribution in [2.75, 3.05) is 0 Å². The van der Waals surface area contributed by atoms with E-state index in [0.29, 0.717) is 0 Å². The predicted molar refractivity (Wildman–Crippen MR) is 101 cm³/mol. The quantitative estimate of drug-likeness (QED) is 0.520. The Balaban J connectivity index is 2.40. The predicted octanol–water partition coefficient (Wildman–Crippen LogP) is 4.12. The summed E-state index contributed by atoms with van der Waals surface area (Å²) < 4.78 is 4.87. The summed E-state index contributed by atoms with van der Waals surface area (Å²) in [5, 5.41) is 3.65. The summed E-state index contributed by atoms with van der Waals surface area (Å²) in [6.07, 6.45) is 0. The second kappa shape index (κ2) is 6.83. The molecular formula is C19H16NPS. The third-order valence-electron chi connectivity index (χ3n) is 3.61. The third-order valence-corrected chi connectivity index (χ3v) is 7.47. The normalized spacial score (nSPS) is 10.9. The van der Waals surface area contributed by atoms with Crippen LogP contribution in [-0.2, 0) is 0 Å². The maximum absolute atomic E-state index is 5.14. The van der Waals surface area contributed by atoms with Crippen molar-refractivity contribution in [3.63, 3.8) is 0 Å². The van der Waals surface area contributed by atoms with Crippen LogP contribution in [0, 0.1) is 0 Å². The van der Waals surface area contributed by atoms with Gasteiger partial charge in [-0.15, -0.1) is 0 Å². The molecule has 3 aromatic carbocycles. The second-order valence-corrected chi connectivity index (χ2v) is 8.12. The van der Waals surface area contributed by atoms with E-state index in [1.807, 2.05) is 18.2 Å². The van der Waals surface area contributed by atoms with Crippen molar-refractivity contribution in [1.29, 1.82) is 0 Å². The molecule has 0 saturated carbocycles. The van der Waals surface area contributed by atoms with Crippen molar-refractivity contribution in [3.05, 3.63) is 91.0 Å². The molecule has 0 aliphatic heterocycles. The summed E-state index contributed by atoms with van der Waals surface area (Å²) in [5.74, 6) is 0. The molecule has 0 heterocycles. The van der Waals surface area contributed by atoms with E-state index in [4.69, 9.17) is 17.0 Å². The Morgan fingerprint density at radius 2 is 0.909 bits per heavy atom. The van der Waals surface area contributed by atoms with E-state index >= 15 is 0 Å². The first-order valence-electron chi connectivity index (χ1n) is 7.10. The Labute approximate surface area is 136 Å². The lowest BCUT2D eigenvalue weighted by molar-refractivity contribution is 1.71. The summed E-state index contributed by atoms with van der Waals surface area (Å²) in [6, 6.07) is 31.4. The van der Waals surface area contributed by atoms with E-state index in [2.05, 4.69) is 72.8 Å². The van der Waals surface area contributed by atoms with Crippen LogP contribution in [0.3, 0.4) is 0 Å². The molecule has 0 fully saturated rings. The smallest absolute Gasteiger partial charge is 0.0893 e. The van der Waals surface area contributed by atoms with E-state index < -0.39 is 7.05 Å². The maximum atomic E-state index is 5.14. The van der Waals surface area contributed by atoms with Gasteiger partial charge in [-0.25, -0.2) is 0 Å². The molecule has 0 spiro atoms. The number of rotatable bonds is 4. The molecule has 108 valence electrons. The highest BCUT2D eigenvalue weighted by atomic mass is 32.1. The summed E-state index contributed by atoms with van der Waals surface area (Å²) in [5.41, 5.74) is 1.53. The minimum absolute atomic E-state index is 1.22. The third kappa shape index (κ3) is 2.68. The molecule has 0 radical (unpaired) electrons.